The fourth-order valence-corrected chi connectivity index (χ4v) is 4.70. The molecule has 5 N–H and O–H groups in total. The Kier molecular flexibility index (Phi) is 5.53. The summed E-state index contributed by atoms with van der Waals surface area (Å²) in [7, 11) is 0. The molecule has 1 saturated carbocycles. The van der Waals surface area contributed by atoms with E-state index in [0.29, 0.717) is 29.8 Å². The van der Waals surface area contributed by atoms with Gasteiger partial charge in [-0.3, -0.25) is 9.78 Å². The zero-order valence-corrected chi connectivity index (χ0v) is 17.9. The lowest BCUT2D eigenvalue weighted by Gasteiger charge is -2.43. The van der Waals surface area contributed by atoms with Crippen molar-refractivity contribution in [2.75, 3.05) is 11.1 Å². The van der Waals surface area contributed by atoms with Gasteiger partial charge in [-0.1, -0.05) is 30.3 Å². The van der Waals surface area contributed by atoms with E-state index in [0.717, 1.165) is 12.0 Å². The molecule has 1 saturated heterocycles. The van der Waals surface area contributed by atoms with Crippen LogP contribution in [0.25, 0.3) is 11.3 Å². The van der Waals surface area contributed by atoms with Crippen molar-refractivity contribution in [2.45, 2.75) is 49.6 Å². The average Bonchev–Trinajstić information content (AvgIpc) is 3.22. The summed E-state index contributed by atoms with van der Waals surface area (Å²) in [6, 6.07) is 11.1. The van der Waals surface area contributed by atoms with Crippen molar-refractivity contribution >= 4 is 17.4 Å². The number of amides is 1. The molecule has 0 spiro atoms. The highest BCUT2D eigenvalue weighted by Gasteiger charge is 2.52. The van der Waals surface area contributed by atoms with Crippen LogP contribution in [0.3, 0.4) is 0 Å². The molecule has 2 fully saturated rings. The van der Waals surface area contributed by atoms with Crippen molar-refractivity contribution < 1.29 is 19.7 Å². The van der Waals surface area contributed by atoms with Gasteiger partial charge in [0.05, 0.1) is 42.1 Å². The van der Waals surface area contributed by atoms with E-state index in [2.05, 4.69) is 20.3 Å². The third-order valence-electron chi connectivity index (χ3n) is 6.48. The Morgan fingerprint density at radius 1 is 1.21 bits per heavy atom. The molecule has 2 aliphatic rings. The molecule has 2 aromatic heterocycles. The first-order valence-corrected chi connectivity index (χ1v) is 10.9. The van der Waals surface area contributed by atoms with E-state index in [1.54, 1.807) is 12.3 Å². The number of pyridine rings is 1. The number of nitrogens with two attached hydrogens (primary N) is 1. The molecule has 9 heteroatoms. The number of benzene rings is 1. The zero-order valence-electron chi connectivity index (χ0n) is 17.9. The maximum atomic E-state index is 13.1. The summed E-state index contributed by atoms with van der Waals surface area (Å²) in [5.41, 5.74) is 7.18. The number of aliphatic hydroxyl groups excluding tert-OH is 1. The molecule has 1 aliphatic carbocycles. The van der Waals surface area contributed by atoms with Gasteiger partial charge in [-0.15, -0.1) is 0 Å². The van der Waals surface area contributed by atoms with Crippen molar-refractivity contribution in [2.24, 2.45) is 0 Å². The van der Waals surface area contributed by atoms with Crippen LogP contribution in [0.5, 0.6) is 0 Å². The molecule has 0 bridgehead atoms. The van der Waals surface area contributed by atoms with Gasteiger partial charge in [0.1, 0.15) is 5.60 Å². The number of anilines is 2. The van der Waals surface area contributed by atoms with E-state index in [9.17, 15) is 15.0 Å². The fourth-order valence-electron chi connectivity index (χ4n) is 4.70. The molecule has 4 unspecified atom stereocenters. The number of carbonyl (C=O) groups is 1. The summed E-state index contributed by atoms with van der Waals surface area (Å²) in [5.74, 6) is -0.515. The molecular formula is C24H25N5O4. The third kappa shape index (κ3) is 3.95. The minimum absolute atomic E-state index is 0.000853. The van der Waals surface area contributed by atoms with E-state index in [4.69, 9.17) is 10.5 Å². The number of ether oxygens (including phenoxy) is 1. The van der Waals surface area contributed by atoms with E-state index in [1.807, 2.05) is 30.3 Å². The van der Waals surface area contributed by atoms with Gasteiger partial charge in [-0.05, 0) is 25.3 Å². The quantitative estimate of drug-likeness (QED) is 0.478. The number of aromatic nitrogens is 3. The summed E-state index contributed by atoms with van der Waals surface area (Å²) >= 11 is 0. The Hall–Kier alpha value is -3.40. The van der Waals surface area contributed by atoms with E-state index >= 15 is 0 Å². The van der Waals surface area contributed by atoms with Crippen molar-refractivity contribution in [3.63, 3.8) is 0 Å². The molecule has 170 valence electrons. The van der Waals surface area contributed by atoms with E-state index in [-0.39, 0.29) is 17.9 Å². The number of nitrogens with zero attached hydrogens (tertiary/aromatic N) is 3. The lowest BCUT2D eigenvalue weighted by Crippen LogP contribution is -2.54. The molecule has 3 heterocycles. The molecule has 4 atom stereocenters. The number of nitrogens with one attached hydrogen (secondary N) is 1. The Labute approximate surface area is 190 Å². The van der Waals surface area contributed by atoms with Crippen LogP contribution >= 0.6 is 0 Å². The van der Waals surface area contributed by atoms with Crippen molar-refractivity contribution in [1.82, 2.24) is 15.0 Å². The lowest BCUT2D eigenvalue weighted by atomic mass is 9.84. The number of carbonyl (C=O) groups excluding carboxylic acids is 1. The number of hydrogen-bond donors (Lipinski definition) is 4. The van der Waals surface area contributed by atoms with Crippen molar-refractivity contribution in [3.05, 3.63) is 66.2 Å². The van der Waals surface area contributed by atoms with Crippen LogP contribution in [-0.4, -0.2) is 48.9 Å². The smallest absolute Gasteiger partial charge is 0.278 e. The highest BCUT2D eigenvalue weighted by atomic mass is 16.5. The predicted molar refractivity (Wildman–Crippen MR) is 121 cm³/mol. The number of rotatable bonds is 4. The van der Waals surface area contributed by atoms with Gasteiger partial charge in [0.2, 0.25) is 0 Å². The Bertz CT molecular complexity index is 1170. The molecule has 1 amide bonds. The first kappa shape index (κ1) is 21.4. The number of nitrogen functional groups attached to an aromatic ring is 1. The Morgan fingerprint density at radius 2 is 2.03 bits per heavy atom. The number of aliphatic hydroxyl groups is 2. The summed E-state index contributed by atoms with van der Waals surface area (Å²) in [6.07, 6.45) is 4.97. The topological polar surface area (TPSA) is 143 Å². The molecule has 0 radical (unpaired) electrons. The number of fused-ring (bicyclic) bond motifs is 1. The van der Waals surface area contributed by atoms with Gasteiger partial charge in [-0.25, -0.2) is 9.97 Å². The third-order valence-corrected chi connectivity index (χ3v) is 6.48. The highest BCUT2D eigenvalue weighted by Crippen LogP contribution is 2.46. The van der Waals surface area contributed by atoms with Crippen molar-refractivity contribution in [3.8, 4) is 11.3 Å². The van der Waals surface area contributed by atoms with Gasteiger partial charge in [0, 0.05) is 23.7 Å². The fraction of sp³-hybridized carbons (Fsp3) is 0.333. The molecule has 1 aliphatic heterocycles. The minimum atomic E-state index is -1.21. The SMILES string of the molecule is Nc1ncc(-c2ccccc2)nc1C(=O)Nc1cnccc1C1CC(O)C2(O)CCCC2O1. The summed E-state index contributed by atoms with van der Waals surface area (Å²) in [5, 5.41) is 24.2. The minimum Gasteiger partial charge on any atom is -0.390 e. The van der Waals surface area contributed by atoms with Crippen LogP contribution in [0.1, 0.15) is 47.8 Å². The molecule has 33 heavy (non-hydrogen) atoms. The normalized spacial score (nSPS) is 26.5. The van der Waals surface area contributed by atoms with Gasteiger partial charge >= 0.3 is 0 Å². The second kappa shape index (κ2) is 8.51. The van der Waals surface area contributed by atoms with Crippen LogP contribution in [0.4, 0.5) is 11.5 Å². The lowest BCUT2D eigenvalue weighted by molar-refractivity contribution is -0.215. The Morgan fingerprint density at radius 3 is 2.85 bits per heavy atom. The van der Waals surface area contributed by atoms with Gasteiger partial charge in [-0.2, -0.15) is 0 Å². The van der Waals surface area contributed by atoms with Crippen LogP contribution in [0.15, 0.2) is 55.0 Å². The van der Waals surface area contributed by atoms with E-state index < -0.39 is 29.8 Å². The van der Waals surface area contributed by atoms with Crippen molar-refractivity contribution in [1.29, 1.82) is 0 Å². The van der Waals surface area contributed by atoms with Crippen LogP contribution in [0.2, 0.25) is 0 Å². The van der Waals surface area contributed by atoms with Gasteiger partial charge in [0.15, 0.2) is 11.5 Å². The predicted octanol–water partition coefficient (Wildman–Crippen LogP) is 2.48. The average molecular weight is 447 g/mol. The molecular weight excluding hydrogens is 422 g/mol. The first-order chi connectivity index (χ1) is 16.0. The van der Waals surface area contributed by atoms with E-state index in [1.165, 1.54) is 12.4 Å². The summed E-state index contributed by atoms with van der Waals surface area (Å²) < 4.78 is 6.16. The monoisotopic (exact) mass is 447 g/mol. The largest absolute Gasteiger partial charge is 0.390 e. The standard InChI is InChI=1S/C24H25N5O4/c25-22-21(28-16(13-27-22)14-5-2-1-3-6-14)23(31)29-17-12-26-10-8-15(17)18-11-19(30)24(32)9-4-7-20(24)33-18/h1-3,5-6,8,10,12-13,18-20,30,32H,4,7,9,11H2,(H2,25,27)(H,29,31). The van der Waals surface area contributed by atoms with Gasteiger partial charge < -0.3 is 26.0 Å². The summed E-state index contributed by atoms with van der Waals surface area (Å²) in [4.78, 5) is 25.8. The van der Waals surface area contributed by atoms with Crippen LogP contribution in [-0.2, 0) is 4.74 Å². The number of hydrogen-bond acceptors (Lipinski definition) is 8. The maximum Gasteiger partial charge on any atom is 0.278 e. The van der Waals surface area contributed by atoms with Crippen LogP contribution in [0, 0.1) is 0 Å². The zero-order chi connectivity index (χ0) is 23.0. The molecule has 3 aromatic rings. The Balaban J connectivity index is 1.41. The maximum absolute atomic E-state index is 13.1. The molecule has 9 nitrogen and oxygen atoms in total. The van der Waals surface area contributed by atoms with Gasteiger partial charge in [0.25, 0.3) is 5.91 Å². The molecule has 5 rings (SSSR count). The molecule has 1 aromatic carbocycles. The van der Waals surface area contributed by atoms with Crippen LogP contribution < -0.4 is 11.1 Å². The second-order valence-electron chi connectivity index (χ2n) is 8.52. The second-order valence-corrected chi connectivity index (χ2v) is 8.52. The highest BCUT2D eigenvalue weighted by molar-refractivity contribution is 6.06. The summed E-state index contributed by atoms with van der Waals surface area (Å²) in [6.45, 7) is 0. The first-order valence-electron chi connectivity index (χ1n) is 10.9.